The highest BCUT2D eigenvalue weighted by molar-refractivity contribution is 5.97. The Balaban J connectivity index is 2.18. The van der Waals surface area contributed by atoms with Crippen LogP contribution in [0.15, 0.2) is 18.2 Å². The number of hydrogen-bond donors (Lipinski definition) is 1. The van der Waals surface area contributed by atoms with Crippen LogP contribution in [0.4, 0.5) is 11.4 Å². The molecule has 0 unspecified atom stereocenters. The summed E-state index contributed by atoms with van der Waals surface area (Å²) in [5.41, 5.74) is 2.32. The second-order valence-corrected chi connectivity index (χ2v) is 6.71. The molecular formula is C17H24N2O2. The second kappa shape index (κ2) is 5.88. The zero-order valence-electron chi connectivity index (χ0n) is 13.3. The van der Waals surface area contributed by atoms with E-state index in [1.165, 1.54) is 0 Å². The highest BCUT2D eigenvalue weighted by Crippen LogP contribution is 2.27. The Morgan fingerprint density at radius 1 is 1.24 bits per heavy atom. The van der Waals surface area contributed by atoms with Crippen LogP contribution < -0.4 is 10.2 Å². The lowest BCUT2D eigenvalue weighted by molar-refractivity contribution is -0.123. The number of hydrogen-bond acceptors (Lipinski definition) is 2. The van der Waals surface area contributed by atoms with E-state index < -0.39 is 5.41 Å². The van der Waals surface area contributed by atoms with Crippen LogP contribution >= 0.6 is 0 Å². The number of nitrogens with zero attached hydrogens (tertiary/aromatic N) is 1. The summed E-state index contributed by atoms with van der Waals surface area (Å²) in [4.78, 5) is 25.9. The molecule has 1 aliphatic rings. The Morgan fingerprint density at radius 3 is 2.52 bits per heavy atom. The molecule has 0 bridgehead atoms. The Bertz CT molecular complexity index is 558. The predicted molar refractivity (Wildman–Crippen MR) is 85.5 cm³/mol. The fourth-order valence-electron chi connectivity index (χ4n) is 2.42. The van der Waals surface area contributed by atoms with Gasteiger partial charge in [0.1, 0.15) is 0 Å². The van der Waals surface area contributed by atoms with E-state index in [1.54, 1.807) is 0 Å². The summed E-state index contributed by atoms with van der Waals surface area (Å²) in [6.07, 6.45) is 2.66. The highest BCUT2D eigenvalue weighted by Gasteiger charge is 2.23. The van der Waals surface area contributed by atoms with Crippen LogP contribution in [0.5, 0.6) is 0 Å². The van der Waals surface area contributed by atoms with Gasteiger partial charge in [0, 0.05) is 29.8 Å². The van der Waals surface area contributed by atoms with Crippen molar-refractivity contribution < 1.29 is 9.59 Å². The average Bonchev–Trinajstić information content (AvgIpc) is 2.39. The van der Waals surface area contributed by atoms with E-state index in [2.05, 4.69) is 5.32 Å². The number of rotatable bonds is 2. The molecule has 1 N–H and O–H groups in total. The van der Waals surface area contributed by atoms with E-state index in [9.17, 15) is 9.59 Å². The van der Waals surface area contributed by atoms with Gasteiger partial charge in [-0.1, -0.05) is 20.8 Å². The molecular weight excluding hydrogens is 264 g/mol. The van der Waals surface area contributed by atoms with Gasteiger partial charge < -0.3 is 10.2 Å². The molecule has 1 aliphatic heterocycles. The van der Waals surface area contributed by atoms with Crippen molar-refractivity contribution in [1.82, 2.24) is 0 Å². The minimum Gasteiger partial charge on any atom is -0.326 e. The molecule has 114 valence electrons. The number of nitrogens with one attached hydrogen (secondary N) is 1. The van der Waals surface area contributed by atoms with Gasteiger partial charge in [0.2, 0.25) is 11.8 Å². The van der Waals surface area contributed by atoms with Crippen molar-refractivity contribution in [1.29, 1.82) is 0 Å². The summed E-state index contributed by atoms with van der Waals surface area (Å²) >= 11 is 0. The van der Waals surface area contributed by atoms with Gasteiger partial charge in [-0.15, -0.1) is 0 Å². The number of amides is 2. The Morgan fingerprint density at radius 2 is 1.95 bits per heavy atom. The Hall–Kier alpha value is -1.84. The van der Waals surface area contributed by atoms with Crippen LogP contribution in [-0.4, -0.2) is 18.4 Å². The van der Waals surface area contributed by atoms with Crippen molar-refractivity contribution >= 4 is 23.2 Å². The van der Waals surface area contributed by atoms with E-state index in [0.717, 1.165) is 36.3 Å². The highest BCUT2D eigenvalue weighted by atomic mass is 16.2. The number of piperidine rings is 1. The molecule has 1 aromatic carbocycles. The van der Waals surface area contributed by atoms with Crippen LogP contribution in [0.25, 0.3) is 0 Å². The first-order valence-electron chi connectivity index (χ1n) is 7.51. The Kier molecular flexibility index (Phi) is 4.35. The van der Waals surface area contributed by atoms with Crippen LogP contribution in [0.1, 0.15) is 45.6 Å². The molecule has 0 atom stereocenters. The minimum atomic E-state index is -0.421. The van der Waals surface area contributed by atoms with Gasteiger partial charge in [-0.2, -0.15) is 0 Å². The predicted octanol–water partition coefficient (Wildman–Crippen LogP) is 3.50. The maximum absolute atomic E-state index is 12.0. The molecule has 21 heavy (non-hydrogen) atoms. The van der Waals surface area contributed by atoms with Crippen LogP contribution in [0.3, 0.4) is 0 Å². The number of aryl methyl sites for hydroxylation is 1. The number of carbonyl (C=O) groups is 2. The molecule has 2 rings (SSSR count). The molecule has 4 nitrogen and oxygen atoms in total. The van der Waals surface area contributed by atoms with E-state index in [1.807, 2.05) is 50.8 Å². The van der Waals surface area contributed by atoms with Crippen LogP contribution in [-0.2, 0) is 9.59 Å². The number of anilines is 2. The van der Waals surface area contributed by atoms with Crippen molar-refractivity contribution in [2.75, 3.05) is 16.8 Å². The molecule has 1 aromatic rings. The van der Waals surface area contributed by atoms with E-state index in [-0.39, 0.29) is 11.8 Å². The van der Waals surface area contributed by atoms with E-state index >= 15 is 0 Å². The van der Waals surface area contributed by atoms with E-state index in [0.29, 0.717) is 6.42 Å². The van der Waals surface area contributed by atoms with Gasteiger partial charge in [0.25, 0.3) is 0 Å². The van der Waals surface area contributed by atoms with Gasteiger partial charge in [0.05, 0.1) is 0 Å². The first kappa shape index (κ1) is 15.5. The maximum Gasteiger partial charge on any atom is 0.229 e. The lowest BCUT2D eigenvalue weighted by Crippen LogP contribution is -2.35. The van der Waals surface area contributed by atoms with Gasteiger partial charge in [-0.05, 0) is 43.5 Å². The van der Waals surface area contributed by atoms with E-state index in [4.69, 9.17) is 0 Å². The monoisotopic (exact) mass is 288 g/mol. The lowest BCUT2D eigenvalue weighted by Gasteiger charge is -2.28. The maximum atomic E-state index is 12.0. The molecule has 4 heteroatoms. The summed E-state index contributed by atoms with van der Waals surface area (Å²) in [5.74, 6) is 0.180. The molecule has 1 saturated heterocycles. The van der Waals surface area contributed by atoms with Gasteiger partial charge in [-0.25, -0.2) is 0 Å². The fourth-order valence-corrected chi connectivity index (χ4v) is 2.42. The average molecular weight is 288 g/mol. The molecule has 0 aromatic heterocycles. The summed E-state index contributed by atoms with van der Waals surface area (Å²) in [5, 5.41) is 2.92. The SMILES string of the molecule is Cc1cc(NC(=O)C(C)(C)C)ccc1N1CCCCC1=O. The lowest BCUT2D eigenvalue weighted by atomic mass is 9.95. The molecule has 0 spiro atoms. The van der Waals surface area contributed by atoms with Crippen molar-refractivity contribution in [3.05, 3.63) is 23.8 Å². The van der Waals surface area contributed by atoms with Crippen LogP contribution in [0.2, 0.25) is 0 Å². The molecule has 1 fully saturated rings. The molecule has 2 amide bonds. The first-order chi connectivity index (χ1) is 9.79. The van der Waals surface area contributed by atoms with Gasteiger partial charge in [0.15, 0.2) is 0 Å². The normalized spacial score (nSPS) is 16.0. The number of carbonyl (C=O) groups excluding carboxylic acids is 2. The van der Waals surface area contributed by atoms with Crippen molar-refractivity contribution in [2.24, 2.45) is 5.41 Å². The summed E-state index contributed by atoms with van der Waals surface area (Å²) in [7, 11) is 0. The quantitative estimate of drug-likeness (QED) is 0.905. The molecule has 0 aliphatic carbocycles. The third-order valence-corrected chi connectivity index (χ3v) is 3.75. The molecule has 1 heterocycles. The summed E-state index contributed by atoms with van der Waals surface area (Å²) in [6, 6.07) is 5.73. The summed E-state index contributed by atoms with van der Waals surface area (Å²) < 4.78 is 0. The fraction of sp³-hybridized carbons (Fsp3) is 0.529. The topological polar surface area (TPSA) is 49.4 Å². The first-order valence-corrected chi connectivity index (χ1v) is 7.51. The standard InChI is InChI=1S/C17H24N2O2/c1-12-11-13(18-16(21)17(2,3)4)8-9-14(12)19-10-6-5-7-15(19)20/h8-9,11H,5-7,10H2,1-4H3,(H,18,21). The van der Waals surface area contributed by atoms with Crippen molar-refractivity contribution in [2.45, 2.75) is 47.0 Å². The van der Waals surface area contributed by atoms with Crippen molar-refractivity contribution in [3.8, 4) is 0 Å². The minimum absolute atomic E-state index is 0.0105. The van der Waals surface area contributed by atoms with Crippen LogP contribution in [0, 0.1) is 12.3 Å². The zero-order valence-corrected chi connectivity index (χ0v) is 13.3. The van der Waals surface area contributed by atoms with Gasteiger partial charge in [-0.3, -0.25) is 9.59 Å². The summed E-state index contributed by atoms with van der Waals surface area (Å²) in [6.45, 7) is 8.42. The molecule has 0 radical (unpaired) electrons. The third kappa shape index (κ3) is 3.63. The number of benzene rings is 1. The molecule has 0 saturated carbocycles. The Labute approximate surface area is 126 Å². The second-order valence-electron chi connectivity index (χ2n) is 6.71. The van der Waals surface area contributed by atoms with Crippen molar-refractivity contribution in [3.63, 3.8) is 0 Å². The third-order valence-electron chi connectivity index (χ3n) is 3.75. The zero-order chi connectivity index (χ0) is 15.6. The van der Waals surface area contributed by atoms with Gasteiger partial charge >= 0.3 is 0 Å². The smallest absolute Gasteiger partial charge is 0.229 e. The largest absolute Gasteiger partial charge is 0.326 e.